The van der Waals surface area contributed by atoms with E-state index in [1.54, 1.807) is 19.5 Å². The Kier molecular flexibility index (Phi) is 4.71. The van der Waals surface area contributed by atoms with E-state index in [1.165, 1.54) is 0 Å². The van der Waals surface area contributed by atoms with Crippen molar-refractivity contribution in [3.8, 4) is 5.75 Å². The van der Waals surface area contributed by atoms with E-state index in [0.29, 0.717) is 6.42 Å². The molecule has 4 nitrogen and oxygen atoms in total. The molecule has 4 heteroatoms. The molecule has 2 rings (SSSR count). The van der Waals surface area contributed by atoms with Crippen LogP contribution in [0.5, 0.6) is 5.75 Å². The van der Waals surface area contributed by atoms with Gasteiger partial charge in [0.1, 0.15) is 5.75 Å². The third-order valence-corrected chi connectivity index (χ3v) is 3.11. The molecule has 20 heavy (non-hydrogen) atoms. The molecule has 104 valence electrons. The molecule has 1 amide bonds. The fourth-order valence-corrected chi connectivity index (χ4v) is 1.96. The van der Waals surface area contributed by atoms with E-state index in [9.17, 15) is 4.79 Å². The molecule has 0 radical (unpaired) electrons. The van der Waals surface area contributed by atoms with Gasteiger partial charge >= 0.3 is 0 Å². The van der Waals surface area contributed by atoms with Crippen LogP contribution in [-0.4, -0.2) is 18.0 Å². The highest BCUT2D eigenvalue weighted by atomic mass is 16.5. The first-order chi connectivity index (χ1) is 9.69. The minimum absolute atomic E-state index is 0.000482. The minimum Gasteiger partial charge on any atom is -0.497 e. The number of nitrogens with one attached hydrogen (secondary N) is 1. The molecule has 2 aromatic rings. The number of hydrogen-bond acceptors (Lipinski definition) is 3. The summed E-state index contributed by atoms with van der Waals surface area (Å²) in [6, 6.07) is 11.3. The molecular formula is C16H18N2O2. The van der Waals surface area contributed by atoms with Crippen molar-refractivity contribution in [2.45, 2.75) is 19.4 Å². The van der Waals surface area contributed by atoms with Crippen LogP contribution in [0.3, 0.4) is 0 Å². The standard InChI is InChI=1S/C16H18N2O2/c1-12(14-7-9-17-10-8-14)18-16(19)11-13-3-5-15(20-2)6-4-13/h3-10,12H,11H2,1-2H3,(H,18,19). The Bertz CT molecular complexity index is 552. The molecule has 1 unspecified atom stereocenters. The average Bonchev–Trinajstić information content (AvgIpc) is 2.49. The highest BCUT2D eigenvalue weighted by Gasteiger charge is 2.09. The molecule has 0 bridgehead atoms. The summed E-state index contributed by atoms with van der Waals surface area (Å²) >= 11 is 0. The Labute approximate surface area is 118 Å². The second-order valence-corrected chi connectivity index (χ2v) is 4.59. The molecule has 0 spiro atoms. The maximum atomic E-state index is 12.0. The molecule has 1 N–H and O–H groups in total. The monoisotopic (exact) mass is 270 g/mol. The van der Waals surface area contributed by atoms with Gasteiger partial charge in [0.05, 0.1) is 19.6 Å². The quantitative estimate of drug-likeness (QED) is 0.908. The summed E-state index contributed by atoms with van der Waals surface area (Å²) < 4.78 is 5.09. The second-order valence-electron chi connectivity index (χ2n) is 4.59. The van der Waals surface area contributed by atoms with Gasteiger partial charge in [-0.15, -0.1) is 0 Å². The van der Waals surface area contributed by atoms with E-state index < -0.39 is 0 Å². The summed E-state index contributed by atoms with van der Waals surface area (Å²) in [5, 5.41) is 2.98. The Morgan fingerprint density at radius 2 is 1.85 bits per heavy atom. The summed E-state index contributed by atoms with van der Waals surface area (Å²) in [5.41, 5.74) is 2.01. The summed E-state index contributed by atoms with van der Waals surface area (Å²) in [5.74, 6) is 0.791. The van der Waals surface area contributed by atoms with Crippen LogP contribution in [0.2, 0.25) is 0 Å². The lowest BCUT2D eigenvalue weighted by Crippen LogP contribution is -2.28. The fraction of sp³-hybridized carbons (Fsp3) is 0.250. The Balaban J connectivity index is 1.91. The number of hydrogen-bond donors (Lipinski definition) is 1. The van der Waals surface area contributed by atoms with Gasteiger partial charge in [-0.3, -0.25) is 9.78 Å². The molecule has 1 aromatic heterocycles. The first-order valence-corrected chi connectivity index (χ1v) is 6.51. The normalized spacial score (nSPS) is 11.7. The summed E-state index contributed by atoms with van der Waals surface area (Å²) in [6.45, 7) is 1.96. The predicted molar refractivity (Wildman–Crippen MR) is 77.5 cm³/mol. The second kappa shape index (κ2) is 6.70. The van der Waals surface area contributed by atoms with Crippen molar-refractivity contribution in [2.24, 2.45) is 0 Å². The number of methoxy groups -OCH3 is 1. The van der Waals surface area contributed by atoms with E-state index in [2.05, 4.69) is 10.3 Å². The van der Waals surface area contributed by atoms with Crippen LogP contribution < -0.4 is 10.1 Å². The van der Waals surface area contributed by atoms with Crippen molar-refractivity contribution in [3.63, 3.8) is 0 Å². The predicted octanol–water partition coefficient (Wildman–Crippen LogP) is 2.51. The van der Waals surface area contributed by atoms with Gasteiger partial charge in [0.2, 0.25) is 5.91 Å². The first kappa shape index (κ1) is 14.1. The van der Waals surface area contributed by atoms with E-state index in [0.717, 1.165) is 16.9 Å². The van der Waals surface area contributed by atoms with Crippen molar-refractivity contribution in [1.82, 2.24) is 10.3 Å². The van der Waals surface area contributed by atoms with Crippen molar-refractivity contribution < 1.29 is 9.53 Å². The number of aromatic nitrogens is 1. The molecule has 0 aliphatic heterocycles. The van der Waals surface area contributed by atoms with Gasteiger partial charge in [-0.2, -0.15) is 0 Å². The minimum atomic E-state index is -0.0243. The summed E-state index contributed by atoms with van der Waals surface area (Å²) in [7, 11) is 1.62. The molecule has 0 fully saturated rings. The number of benzene rings is 1. The van der Waals surface area contributed by atoms with Crippen LogP contribution >= 0.6 is 0 Å². The number of rotatable bonds is 5. The zero-order valence-corrected chi connectivity index (χ0v) is 11.7. The van der Waals surface area contributed by atoms with Gasteiger partial charge in [0.25, 0.3) is 0 Å². The Morgan fingerprint density at radius 1 is 1.20 bits per heavy atom. The number of carbonyl (C=O) groups is 1. The van der Waals surface area contributed by atoms with Crippen LogP contribution in [0.1, 0.15) is 24.1 Å². The number of carbonyl (C=O) groups excluding carboxylic acids is 1. The average molecular weight is 270 g/mol. The number of pyridine rings is 1. The Morgan fingerprint density at radius 3 is 2.45 bits per heavy atom. The van der Waals surface area contributed by atoms with Crippen LogP contribution in [0.25, 0.3) is 0 Å². The van der Waals surface area contributed by atoms with Crippen molar-refractivity contribution in [3.05, 3.63) is 59.9 Å². The van der Waals surface area contributed by atoms with Crippen molar-refractivity contribution in [2.75, 3.05) is 7.11 Å². The van der Waals surface area contributed by atoms with Gasteiger partial charge in [-0.1, -0.05) is 12.1 Å². The van der Waals surface area contributed by atoms with Crippen LogP contribution in [0.15, 0.2) is 48.8 Å². The van der Waals surface area contributed by atoms with E-state index in [-0.39, 0.29) is 11.9 Å². The molecule has 1 aromatic carbocycles. The zero-order chi connectivity index (χ0) is 14.4. The lowest BCUT2D eigenvalue weighted by molar-refractivity contribution is -0.121. The lowest BCUT2D eigenvalue weighted by atomic mass is 10.1. The van der Waals surface area contributed by atoms with Crippen LogP contribution in [0.4, 0.5) is 0 Å². The molecule has 0 aliphatic rings. The van der Waals surface area contributed by atoms with E-state index in [1.807, 2.05) is 43.3 Å². The maximum absolute atomic E-state index is 12.0. The smallest absolute Gasteiger partial charge is 0.224 e. The SMILES string of the molecule is COc1ccc(CC(=O)NC(C)c2ccncc2)cc1. The van der Waals surface area contributed by atoms with Crippen LogP contribution in [0, 0.1) is 0 Å². The number of ether oxygens (including phenoxy) is 1. The molecule has 1 atom stereocenters. The van der Waals surface area contributed by atoms with Gasteiger partial charge in [-0.05, 0) is 42.3 Å². The molecule has 0 saturated heterocycles. The van der Waals surface area contributed by atoms with E-state index in [4.69, 9.17) is 4.74 Å². The fourth-order valence-electron chi connectivity index (χ4n) is 1.96. The highest BCUT2D eigenvalue weighted by Crippen LogP contribution is 2.13. The van der Waals surface area contributed by atoms with Gasteiger partial charge < -0.3 is 10.1 Å². The van der Waals surface area contributed by atoms with E-state index >= 15 is 0 Å². The Hall–Kier alpha value is -2.36. The summed E-state index contributed by atoms with van der Waals surface area (Å²) in [4.78, 5) is 16.0. The molecule has 0 saturated carbocycles. The van der Waals surface area contributed by atoms with Crippen LogP contribution in [-0.2, 0) is 11.2 Å². The molecular weight excluding hydrogens is 252 g/mol. The third kappa shape index (κ3) is 3.82. The molecule has 1 heterocycles. The first-order valence-electron chi connectivity index (χ1n) is 6.51. The number of amides is 1. The third-order valence-electron chi connectivity index (χ3n) is 3.11. The van der Waals surface area contributed by atoms with Gasteiger partial charge in [-0.25, -0.2) is 0 Å². The van der Waals surface area contributed by atoms with Gasteiger partial charge in [0.15, 0.2) is 0 Å². The zero-order valence-electron chi connectivity index (χ0n) is 11.7. The maximum Gasteiger partial charge on any atom is 0.224 e. The van der Waals surface area contributed by atoms with Crippen molar-refractivity contribution in [1.29, 1.82) is 0 Å². The largest absolute Gasteiger partial charge is 0.497 e. The topological polar surface area (TPSA) is 51.2 Å². The lowest BCUT2D eigenvalue weighted by Gasteiger charge is -2.14. The highest BCUT2D eigenvalue weighted by molar-refractivity contribution is 5.79. The number of nitrogens with zero attached hydrogens (tertiary/aromatic N) is 1. The summed E-state index contributed by atoms with van der Waals surface area (Å²) in [6.07, 6.45) is 3.81. The van der Waals surface area contributed by atoms with Gasteiger partial charge in [0, 0.05) is 12.4 Å². The molecule has 0 aliphatic carbocycles. The van der Waals surface area contributed by atoms with Crippen molar-refractivity contribution >= 4 is 5.91 Å².